The quantitative estimate of drug-likeness (QED) is 0.354. The van der Waals surface area contributed by atoms with E-state index in [1.807, 2.05) is 6.07 Å². The molecule has 25 heavy (non-hydrogen) atoms. The van der Waals surface area contributed by atoms with Gasteiger partial charge in [-0.1, -0.05) is 51.0 Å². The van der Waals surface area contributed by atoms with Crippen molar-refractivity contribution in [3.05, 3.63) is 29.8 Å². The van der Waals surface area contributed by atoms with E-state index in [9.17, 15) is 9.59 Å². The van der Waals surface area contributed by atoms with Gasteiger partial charge in [-0.15, -0.1) is 11.8 Å². The number of aromatic carboxylic acids is 1. The Balaban J connectivity index is 1.91. The van der Waals surface area contributed by atoms with E-state index in [1.165, 1.54) is 44.9 Å². The van der Waals surface area contributed by atoms with Crippen molar-refractivity contribution in [1.82, 2.24) is 5.32 Å². The summed E-state index contributed by atoms with van der Waals surface area (Å²) in [6, 6.07) is 7.16. The maximum absolute atomic E-state index is 11.1. The fraction of sp³-hybridized carbons (Fsp3) is 0.600. The molecule has 0 aliphatic heterocycles. The number of carbonyl (C=O) groups excluding carboxylic acids is 1. The van der Waals surface area contributed by atoms with Crippen LogP contribution in [0, 0.1) is 0 Å². The van der Waals surface area contributed by atoms with Crippen molar-refractivity contribution in [2.75, 3.05) is 12.8 Å². The van der Waals surface area contributed by atoms with Gasteiger partial charge in [-0.3, -0.25) is 4.79 Å². The Labute approximate surface area is 155 Å². The summed E-state index contributed by atoms with van der Waals surface area (Å²) in [6.07, 6.45) is 11.6. The summed E-state index contributed by atoms with van der Waals surface area (Å²) in [5, 5.41) is 11.6. The third-order valence-electron chi connectivity index (χ3n) is 4.18. The fourth-order valence-electron chi connectivity index (χ4n) is 2.66. The average molecular weight is 366 g/mol. The van der Waals surface area contributed by atoms with Crippen LogP contribution < -0.4 is 5.32 Å². The number of benzene rings is 1. The maximum atomic E-state index is 11.1. The van der Waals surface area contributed by atoms with Crippen LogP contribution in [0.1, 0.15) is 74.6 Å². The van der Waals surface area contributed by atoms with Gasteiger partial charge in [-0.05, 0) is 36.8 Å². The maximum Gasteiger partial charge on any atom is 0.335 e. The second kappa shape index (κ2) is 13.8. The summed E-state index contributed by atoms with van der Waals surface area (Å²) >= 11 is 1.74. The van der Waals surface area contributed by atoms with Gasteiger partial charge in [0.2, 0.25) is 5.91 Å². The van der Waals surface area contributed by atoms with Crippen LogP contribution in [-0.4, -0.2) is 29.8 Å². The number of thioether (sulfide) groups is 1. The zero-order valence-corrected chi connectivity index (χ0v) is 16.1. The molecule has 1 rings (SSSR count). The van der Waals surface area contributed by atoms with Crippen molar-refractivity contribution in [1.29, 1.82) is 0 Å². The molecule has 1 aromatic rings. The van der Waals surface area contributed by atoms with Gasteiger partial charge in [0.05, 0.1) is 5.56 Å². The summed E-state index contributed by atoms with van der Waals surface area (Å²) in [5.74, 6) is 0.325. The molecule has 140 valence electrons. The average Bonchev–Trinajstić information content (AvgIpc) is 2.62. The van der Waals surface area contributed by atoms with Crippen molar-refractivity contribution in [3.63, 3.8) is 0 Å². The van der Waals surface area contributed by atoms with Crippen molar-refractivity contribution in [3.8, 4) is 0 Å². The van der Waals surface area contributed by atoms with E-state index >= 15 is 0 Å². The first-order chi connectivity index (χ1) is 12.1. The monoisotopic (exact) mass is 365 g/mol. The Morgan fingerprint density at radius 1 is 0.960 bits per heavy atom. The zero-order valence-electron chi connectivity index (χ0n) is 15.3. The van der Waals surface area contributed by atoms with Crippen LogP contribution in [0.5, 0.6) is 0 Å². The minimum atomic E-state index is -0.865. The van der Waals surface area contributed by atoms with Crippen molar-refractivity contribution in [2.45, 2.75) is 69.1 Å². The number of carboxylic acids is 1. The van der Waals surface area contributed by atoms with E-state index in [2.05, 4.69) is 5.32 Å². The highest BCUT2D eigenvalue weighted by atomic mass is 32.2. The number of amides is 1. The summed E-state index contributed by atoms with van der Waals surface area (Å²) in [4.78, 5) is 23.0. The standard InChI is InChI=1S/C20H31NO3S/c1-21-19(22)14-9-7-5-3-2-4-6-8-10-15-25-18-13-11-12-17(16-18)20(23)24/h11-13,16H,2-10,14-15H2,1H3,(H,21,22)(H,23,24). The van der Waals surface area contributed by atoms with E-state index in [-0.39, 0.29) is 5.91 Å². The molecule has 0 unspecified atom stereocenters. The number of hydrogen-bond acceptors (Lipinski definition) is 3. The number of nitrogens with one attached hydrogen (secondary N) is 1. The molecule has 0 fully saturated rings. The van der Waals surface area contributed by atoms with Crippen LogP contribution in [0.2, 0.25) is 0 Å². The van der Waals surface area contributed by atoms with E-state index < -0.39 is 5.97 Å². The molecule has 0 heterocycles. The summed E-state index contributed by atoms with van der Waals surface area (Å²) in [6.45, 7) is 0. The summed E-state index contributed by atoms with van der Waals surface area (Å²) in [7, 11) is 1.69. The van der Waals surface area contributed by atoms with E-state index in [1.54, 1.807) is 37.0 Å². The Bertz CT molecular complexity index is 519. The second-order valence-electron chi connectivity index (χ2n) is 6.29. The van der Waals surface area contributed by atoms with Crippen LogP contribution >= 0.6 is 11.8 Å². The molecule has 0 aliphatic carbocycles. The molecule has 0 aliphatic rings. The molecule has 1 amide bonds. The summed E-state index contributed by atoms with van der Waals surface area (Å²) in [5.41, 5.74) is 0.361. The number of unbranched alkanes of at least 4 members (excludes halogenated alkanes) is 8. The third-order valence-corrected chi connectivity index (χ3v) is 5.26. The lowest BCUT2D eigenvalue weighted by Gasteiger charge is -2.04. The zero-order chi connectivity index (χ0) is 18.3. The van der Waals surface area contributed by atoms with Crippen molar-refractivity contribution in [2.24, 2.45) is 0 Å². The molecule has 0 atom stereocenters. The number of carboxylic acid groups (broad SMARTS) is 1. The molecule has 0 aromatic heterocycles. The molecule has 0 radical (unpaired) electrons. The molecule has 0 spiro atoms. The van der Waals surface area contributed by atoms with Crippen molar-refractivity contribution < 1.29 is 14.7 Å². The topological polar surface area (TPSA) is 66.4 Å². The van der Waals surface area contributed by atoms with Crippen LogP contribution in [-0.2, 0) is 4.79 Å². The largest absolute Gasteiger partial charge is 0.478 e. The molecule has 1 aromatic carbocycles. The molecule has 4 nitrogen and oxygen atoms in total. The van der Waals surface area contributed by atoms with Gasteiger partial charge in [-0.2, -0.15) is 0 Å². The third kappa shape index (κ3) is 10.9. The lowest BCUT2D eigenvalue weighted by molar-refractivity contribution is -0.120. The Morgan fingerprint density at radius 3 is 2.16 bits per heavy atom. The highest BCUT2D eigenvalue weighted by Crippen LogP contribution is 2.21. The highest BCUT2D eigenvalue weighted by Gasteiger charge is 2.03. The molecular formula is C20H31NO3S. The smallest absolute Gasteiger partial charge is 0.335 e. The molecule has 0 saturated heterocycles. The number of rotatable bonds is 14. The molecular weight excluding hydrogens is 334 g/mol. The first-order valence-electron chi connectivity index (χ1n) is 9.30. The van der Waals surface area contributed by atoms with Crippen LogP contribution in [0.3, 0.4) is 0 Å². The van der Waals surface area contributed by atoms with Crippen LogP contribution in [0.25, 0.3) is 0 Å². The fourth-order valence-corrected chi connectivity index (χ4v) is 3.63. The van der Waals surface area contributed by atoms with Gasteiger partial charge < -0.3 is 10.4 Å². The predicted octanol–water partition coefficient (Wildman–Crippen LogP) is 5.12. The molecule has 0 bridgehead atoms. The Morgan fingerprint density at radius 2 is 1.56 bits per heavy atom. The van der Waals surface area contributed by atoms with Crippen LogP contribution in [0.4, 0.5) is 0 Å². The first kappa shape index (κ1) is 21.6. The van der Waals surface area contributed by atoms with Gasteiger partial charge in [0.15, 0.2) is 0 Å². The van der Waals surface area contributed by atoms with Gasteiger partial charge in [-0.25, -0.2) is 4.79 Å². The lowest BCUT2D eigenvalue weighted by atomic mass is 10.1. The van der Waals surface area contributed by atoms with E-state index in [4.69, 9.17) is 5.11 Å². The molecule has 2 N–H and O–H groups in total. The van der Waals surface area contributed by atoms with Gasteiger partial charge in [0, 0.05) is 18.4 Å². The SMILES string of the molecule is CNC(=O)CCCCCCCCCCCSc1cccc(C(=O)O)c1. The Kier molecular flexibility index (Phi) is 11.9. The second-order valence-corrected chi connectivity index (χ2v) is 7.45. The Hall–Kier alpha value is -1.49. The normalized spacial score (nSPS) is 10.6. The molecule has 0 saturated carbocycles. The highest BCUT2D eigenvalue weighted by molar-refractivity contribution is 7.99. The minimum absolute atomic E-state index is 0.146. The minimum Gasteiger partial charge on any atom is -0.478 e. The van der Waals surface area contributed by atoms with Crippen molar-refractivity contribution >= 4 is 23.6 Å². The van der Waals surface area contributed by atoms with Gasteiger partial charge in [0.1, 0.15) is 0 Å². The predicted molar refractivity (Wildman–Crippen MR) is 104 cm³/mol. The molecule has 5 heteroatoms. The van der Waals surface area contributed by atoms with Crippen LogP contribution in [0.15, 0.2) is 29.2 Å². The first-order valence-corrected chi connectivity index (χ1v) is 10.3. The summed E-state index contributed by atoms with van der Waals surface area (Å²) < 4.78 is 0. The number of carbonyl (C=O) groups is 2. The van der Waals surface area contributed by atoms with E-state index in [0.29, 0.717) is 12.0 Å². The van der Waals surface area contributed by atoms with Gasteiger partial charge in [0.25, 0.3) is 0 Å². The van der Waals surface area contributed by atoms with E-state index in [0.717, 1.165) is 23.5 Å². The lowest BCUT2D eigenvalue weighted by Crippen LogP contribution is -2.16. The number of hydrogen-bond donors (Lipinski definition) is 2. The van der Waals surface area contributed by atoms with Gasteiger partial charge >= 0.3 is 5.97 Å².